The normalized spacial score (nSPS) is 13.2. The number of fused-ring (bicyclic) bond motifs is 1. The number of hydrogen-bond donors (Lipinski definition) is 0. The summed E-state index contributed by atoms with van der Waals surface area (Å²) < 4.78 is 3.25. The minimum Gasteiger partial charge on any atom is -0.317 e. The Bertz CT molecular complexity index is 644. The minimum atomic E-state index is -0.429. The Morgan fingerprint density at radius 1 is 1.33 bits per heavy atom. The van der Waals surface area contributed by atoms with Crippen LogP contribution in [0, 0.1) is 5.41 Å². The van der Waals surface area contributed by atoms with E-state index in [0.717, 1.165) is 16.9 Å². The Morgan fingerprint density at radius 3 is 2.61 bits per heavy atom. The highest BCUT2D eigenvalue weighted by atomic mass is 32.1. The lowest BCUT2D eigenvalue weighted by Gasteiger charge is -2.11. The molecule has 0 bridgehead atoms. The zero-order valence-electron chi connectivity index (χ0n) is 11.2. The second kappa shape index (κ2) is 4.69. The smallest absolute Gasteiger partial charge is 0.253 e. The lowest BCUT2D eigenvalue weighted by atomic mass is 9.96. The molecule has 0 spiro atoms. The fourth-order valence-electron chi connectivity index (χ4n) is 1.67. The third kappa shape index (κ3) is 2.38. The molecule has 0 saturated carbocycles. The average Bonchev–Trinajstić information content (AvgIpc) is 2.64. The number of rotatable bonds is 1. The molecule has 0 fully saturated rings. The second-order valence-corrected chi connectivity index (χ2v) is 6.27. The summed E-state index contributed by atoms with van der Waals surface area (Å²) in [4.78, 5) is 17.1. The monoisotopic (exact) mass is 262 g/mol. The Kier molecular flexibility index (Phi) is 3.39. The number of para-hydroxylation sites is 1. The van der Waals surface area contributed by atoms with Crippen LogP contribution in [0.25, 0.3) is 10.2 Å². The molecule has 2 rings (SSSR count). The van der Waals surface area contributed by atoms with E-state index in [0.29, 0.717) is 0 Å². The molecular weight excluding hydrogens is 244 g/mol. The van der Waals surface area contributed by atoms with E-state index in [1.165, 1.54) is 4.70 Å². The molecular formula is C14H18N2OS. The highest BCUT2D eigenvalue weighted by Gasteiger charge is 2.20. The van der Waals surface area contributed by atoms with Crippen molar-refractivity contribution in [3.05, 3.63) is 29.1 Å². The first-order valence-corrected chi connectivity index (χ1v) is 6.92. The SMILES string of the molecule is CCn1c(=NC(=O)C(C)(C)C)sc2ccccc21. The number of nitrogens with zero attached hydrogens (tertiary/aromatic N) is 2. The standard InChI is InChI=1S/C14H18N2OS/c1-5-16-10-8-6-7-9-11(10)18-13(16)15-12(17)14(2,3)4/h6-9H,5H2,1-4H3. The number of hydrogen-bond acceptors (Lipinski definition) is 2. The molecule has 4 heteroatoms. The molecule has 0 aliphatic heterocycles. The van der Waals surface area contributed by atoms with Gasteiger partial charge >= 0.3 is 0 Å². The molecule has 1 aromatic heterocycles. The van der Waals surface area contributed by atoms with Gasteiger partial charge in [0.25, 0.3) is 5.91 Å². The predicted molar refractivity (Wildman–Crippen MR) is 75.5 cm³/mol. The molecule has 0 N–H and O–H groups in total. The zero-order valence-corrected chi connectivity index (χ0v) is 12.0. The van der Waals surface area contributed by atoms with Gasteiger partial charge in [0.05, 0.1) is 10.2 Å². The number of thiazole rings is 1. The fraction of sp³-hybridized carbons (Fsp3) is 0.429. The second-order valence-electron chi connectivity index (χ2n) is 5.26. The summed E-state index contributed by atoms with van der Waals surface area (Å²) in [5, 5.41) is 0. The van der Waals surface area contributed by atoms with Crippen LogP contribution in [-0.2, 0) is 11.3 Å². The summed E-state index contributed by atoms with van der Waals surface area (Å²) in [6, 6.07) is 8.15. The number of aromatic nitrogens is 1. The van der Waals surface area contributed by atoms with Gasteiger partial charge in [0.1, 0.15) is 0 Å². The first-order valence-electron chi connectivity index (χ1n) is 6.11. The fourth-order valence-corrected chi connectivity index (χ4v) is 2.76. The summed E-state index contributed by atoms with van der Waals surface area (Å²) in [5.41, 5.74) is 0.715. The van der Waals surface area contributed by atoms with Crippen LogP contribution in [0.15, 0.2) is 29.3 Å². The maximum atomic E-state index is 12.0. The summed E-state index contributed by atoms with van der Waals surface area (Å²) in [5.74, 6) is -0.0729. The van der Waals surface area contributed by atoms with Gasteiger partial charge in [-0.25, -0.2) is 0 Å². The number of amides is 1. The zero-order chi connectivity index (χ0) is 13.3. The molecule has 3 nitrogen and oxygen atoms in total. The molecule has 0 atom stereocenters. The average molecular weight is 262 g/mol. The number of carbonyl (C=O) groups excluding carboxylic acids is 1. The lowest BCUT2D eigenvalue weighted by molar-refractivity contribution is -0.125. The van der Waals surface area contributed by atoms with E-state index in [1.54, 1.807) is 11.3 Å². The van der Waals surface area contributed by atoms with Crippen molar-refractivity contribution in [3.8, 4) is 0 Å². The minimum absolute atomic E-state index is 0.0729. The van der Waals surface area contributed by atoms with Crippen molar-refractivity contribution in [3.63, 3.8) is 0 Å². The molecule has 1 heterocycles. The van der Waals surface area contributed by atoms with Gasteiger partial charge in [0, 0.05) is 12.0 Å². The topological polar surface area (TPSA) is 34.4 Å². The number of carbonyl (C=O) groups is 1. The van der Waals surface area contributed by atoms with E-state index in [2.05, 4.69) is 28.6 Å². The van der Waals surface area contributed by atoms with E-state index in [9.17, 15) is 4.79 Å². The van der Waals surface area contributed by atoms with E-state index in [-0.39, 0.29) is 5.91 Å². The first kappa shape index (κ1) is 13.0. The van der Waals surface area contributed by atoms with Gasteiger partial charge in [0.15, 0.2) is 4.80 Å². The van der Waals surface area contributed by atoms with Crippen molar-refractivity contribution < 1.29 is 4.79 Å². The Labute approximate surface area is 111 Å². The van der Waals surface area contributed by atoms with Crippen molar-refractivity contribution in [1.29, 1.82) is 0 Å². The van der Waals surface area contributed by atoms with Gasteiger partial charge in [-0.1, -0.05) is 44.2 Å². The van der Waals surface area contributed by atoms with Gasteiger partial charge in [-0.2, -0.15) is 4.99 Å². The van der Waals surface area contributed by atoms with Crippen molar-refractivity contribution in [2.75, 3.05) is 0 Å². The lowest BCUT2D eigenvalue weighted by Crippen LogP contribution is -2.23. The van der Waals surface area contributed by atoms with Gasteiger partial charge < -0.3 is 4.57 Å². The van der Waals surface area contributed by atoms with Gasteiger partial charge in [-0.05, 0) is 19.1 Å². The van der Waals surface area contributed by atoms with E-state index in [1.807, 2.05) is 32.9 Å². The van der Waals surface area contributed by atoms with Crippen LogP contribution in [0.3, 0.4) is 0 Å². The maximum absolute atomic E-state index is 12.0. The molecule has 2 aromatic rings. The molecule has 0 saturated heterocycles. The summed E-state index contributed by atoms with van der Waals surface area (Å²) in [6.07, 6.45) is 0. The first-order chi connectivity index (χ1) is 8.43. The van der Waals surface area contributed by atoms with Crippen molar-refractivity contribution in [2.45, 2.75) is 34.2 Å². The highest BCUT2D eigenvalue weighted by molar-refractivity contribution is 7.16. The van der Waals surface area contributed by atoms with Crippen molar-refractivity contribution >= 4 is 27.5 Å². The molecule has 18 heavy (non-hydrogen) atoms. The van der Waals surface area contributed by atoms with Crippen LogP contribution in [0.1, 0.15) is 27.7 Å². The van der Waals surface area contributed by atoms with Crippen molar-refractivity contribution in [1.82, 2.24) is 4.57 Å². The van der Waals surface area contributed by atoms with Gasteiger partial charge in [-0.15, -0.1) is 0 Å². The van der Waals surface area contributed by atoms with Gasteiger partial charge in [0.2, 0.25) is 0 Å². The number of aryl methyl sites for hydroxylation is 1. The molecule has 1 aromatic carbocycles. The van der Waals surface area contributed by atoms with Crippen LogP contribution in [0.4, 0.5) is 0 Å². The van der Waals surface area contributed by atoms with Crippen LogP contribution in [0.2, 0.25) is 0 Å². The Balaban J connectivity index is 2.64. The summed E-state index contributed by atoms with van der Waals surface area (Å²) in [7, 11) is 0. The van der Waals surface area contributed by atoms with Crippen LogP contribution in [0.5, 0.6) is 0 Å². The third-order valence-corrected chi connectivity index (χ3v) is 3.80. The molecule has 96 valence electrons. The molecule has 0 radical (unpaired) electrons. The largest absolute Gasteiger partial charge is 0.317 e. The highest BCUT2D eigenvalue weighted by Crippen LogP contribution is 2.18. The van der Waals surface area contributed by atoms with Crippen LogP contribution in [-0.4, -0.2) is 10.5 Å². The van der Waals surface area contributed by atoms with E-state index in [4.69, 9.17) is 0 Å². The summed E-state index contributed by atoms with van der Waals surface area (Å²) >= 11 is 1.57. The Hall–Kier alpha value is -1.42. The number of benzene rings is 1. The molecule has 1 amide bonds. The predicted octanol–water partition coefficient (Wildman–Crippen LogP) is 3.20. The molecule has 0 aliphatic carbocycles. The third-order valence-electron chi connectivity index (χ3n) is 2.74. The van der Waals surface area contributed by atoms with Crippen LogP contribution >= 0.6 is 11.3 Å². The van der Waals surface area contributed by atoms with E-state index >= 15 is 0 Å². The Morgan fingerprint density at radius 2 is 2.00 bits per heavy atom. The quantitative estimate of drug-likeness (QED) is 0.777. The van der Waals surface area contributed by atoms with E-state index < -0.39 is 5.41 Å². The van der Waals surface area contributed by atoms with Gasteiger partial charge in [-0.3, -0.25) is 4.79 Å². The molecule has 0 aliphatic rings. The maximum Gasteiger partial charge on any atom is 0.253 e. The van der Waals surface area contributed by atoms with Crippen molar-refractivity contribution in [2.24, 2.45) is 10.4 Å². The molecule has 0 unspecified atom stereocenters. The summed E-state index contributed by atoms with van der Waals surface area (Å²) in [6.45, 7) is 8.56. The van der Waals surface area contributed by atoms with Crippen LogP contribution < -0.4 is 4.80 Å².